The molecule has 1 aromatic heterocycles. The minimum absolute atomic E-state index is 0.311. The number of ketones is 1. The summed E-state index contributed by atoms with van der Waals surface area (Å²) in [5.41, 5.74) is 6.37. The molecule has 0 fully saturated rings. The van der Waals surface area contributed by atoms with Crippen molar-refractivity contribution in [3.63, 3.8) is 0 Å². The van der Waals surface area contributed by atoms with E-state index in [-0.39, 0.29) is 0 Å². The Kier molecular flexibility index (Phi) is 2.46. The summed E-state index contributed by atoms with van der Waals surface area (Å²) in [5, 5.41) is 9.35. The quantitative estimate of drug-likeness (QED) is 0.523. The molecule has 0 bridgehead atoms. The summed E-state index contributed by atoms with van der Waals surface area (Å²) < 4.78 is 0. The predicted octanol–water partition coefficient (Wildman–Crippen LogP) is 0.762. The molecular formula is C11H10N2O3. The van der Waals surface area contributed by atoms with Crippen molar-refractivity contribution in [2.75, 3.05) is 0 Å². The summed E-state index contributed by atoms with van der Waals surface area (Å²) >= 11 is 0. The lowest BCUT2D eigenvalue weighted by molar-refractivity contribution is -0.137. The SMILES string of the molecule is NC(C(=O)O)C(=O)c1c[nH]c2ccccc12. The van der Waals surface area contributed by atoms with E-state index in [4.69, 9.17) is 10.8 Å². The van der Waals surface area contributed by atoms with Crippen molar-refractivity contribution in [1.82, 2.24) is 4.98 Å². The molecule has 1 atom stereocenters. The molecule has 4 N–H and O–H groups in total. The van der Waals surface area contributed by atoms with E-state index in [0.29, 0.717) is 10.9 Å². The van der Waals surface area contributed by atoms with Gasteiger partial charge in [-0.1, -0.05) is 18.2 Å². The third kappa shape index (κ3) is 1.57. The molecule has 2 aromatic rings. The first-order chi connectivity index (χ1) is 7.61. The fourth-order valence-electron chi connectivity index (χ4n) is 1.56. The number of benzene rings is 1. The van der Waals surface area contributed by atoms with Gasteiger partial charge in [0.2, 0.25) is 0 Å². The lowest BCUT2D eigenvalue weighted by Crippen LogP contribution is -2.38. The fraction of sp³-hybridized carbons (Fsp3) is 0.0909. The number of aliphatic carboxylic acids is 1. The Morgan fingerprint density at radius 1 is 1.31 bits per heavy atom. The molecule has 0 aliphatic heterocycles. The van der Waals surface area contributed by atoms with Crippen LogP contribution in [0.5, 0.6) is 0 Å². The van der Waals surface area contributed by atoms with Gasteiger partial charge in [0.25, 0.3) is 0 Å². The fourth-order valence-corrected chi connectivity index (χ4v) is 1.56. The number of carbonyl (C=O) groups excluding carboxylic acids is 1. The van der Waals surface area contributed by atoms with Crippen LogP contribution in [0.2, 0.25) is 0 Å². The number of para-hydroxylation sites is 1. The van der Waals surface area contributed by atoms with Gasteiger partial charge in [-0.2, -0.15) is 0 Å². The second-order valence-electron chi connectivity index (χ2n) is 3.43. The molecule has 2 rings (SSSR count). The Balaban J connectivity index is 2.48. The van der Waals surface area contributed by atoms with Crippen LogP contribution in [0.4, 0.5) is 0 Å². The minimum Gasteiger partial charge on any atom is -0.480 e. The van der Waals surface area contributed by atoms with Gasteiger partial charge in [-0.15, -0.1) is 0 Å². The number of hydrogen-bond acceptors (Lipinski definition) is 3. The van der Waals surface area contributed by atoms with Crippen LogP contribution in [0.25, 0.3) is 10.9 Å². The number of hydrogen-bond donors (Lipinski definition) is 3. The highest BCUT2D eigenvalue weighted by Gasteiger charge is 2.24. The zero-order chi connectivity index (χ0) is 11.7. The number of fused-ring (bicyclic) bond motifs is 1. The maximum Gasteiger partial charge on any atom is 0.328 e. The lowest BCUT2D eigenvalue weighted by atomic mass is 10.0. The van der Waals surface area contributed by atoms with Gasteiger partial charge in [0, 0.05) is 22.7 Å². The molecule has 5 heteroatoms. The van der Waals surface area contributed by atoms with Crippen LogP contribution in [0.15, 0.2) is 30.5 Å². The third-order valence-electron chi connectivity index (χ3n) is 2.40. The van der Waals surface area contributed by atoms with Crippen LogP contribution in [-0.2, 0) is 4.79 Å². The predicted molar refractivity (Wildman–Crippen MR) is 58.2 cm³/mol. The van der Waals surface area contributed by atoms with Crippen LogP contribution < -0.4 is 5.73 Å². The van der Waals surface area contributed by atoms with Gasteiger partial charge in [0.15, 0.2) is 11.8 Å². The number of aromatic amines is 1. The van der Waals surface area contributed by atoms with E-state index in [1.807, 2.05) is 6.07 Å². The first-order valence-electron chi connectivity index (χ1n) is 4.70. The highest BCUT2D eigenvalue weighted by molar-refractivity contribution is 6.17. The molecule has 5 nitrogen and oxygen atoms in total. The van der Waals surface area contributed by atoms with Crippen molar-refractivity contribution < 1.29 is 14.7 Å². The molecule has 16 heavy (non-hydrogen) atoms. The zero-order valence-corrected chi connectivity index (χ0v) is 8.31. The highest BCUT2D eigenvalue weighted by Crippen LogP contribution is 2.18. The van der Waals surface area contributed by atoms with Gasteiger partial charge in [-0.3, -0.25) is 9.59 Å². The first kappa shape index (κ1) is 10.4. The largest absolute Gasteiger partial charge is 0.480 e. The summed E-state index contributed by atoms with van der Waals surface area (Å²) in [5.74, 6) is -1.92. The van der Waals surface area contributed by atoms with E-state index < -0.39 is 17.8 Å². The molecule has 0 aliphatic rings. The summed E-state index contributed by atoms with van der Waals surface area (Å²) in [6, 6.07) is 5.63. The van der Waals surface area contributed by atoms with Crippen LogP contribution in [0.1, 0.15) is 10.4 Å². The number of H-pyrrole nitrogens is 1. The standard InChI is InChI=1S/C11H10N2O3/c12-9(11(15)16)10(14)7-5-13-8-4-2-1-3-6(7)8/h1-5,9,13H,12H2,(H,15,16). The average molecular weight is 218 g/mol. The molecule has 0 aliphatic carbocycles. The van der Waals surface area contributed by atoms with Crippen molar-refractivity contribution in [3.05, 3.63) is 36.0 Å². The van der Waals surface area contributed by atoms with Crippen LogP contribution >= 0.6 is 0 Å². The van der Waals surface area contributed by atoms with Crippen molar-refractivity contribution in [2.24, 2.45) is 5.73 Å². The van der Waals surface area contributed by atoms with Gasteiger partial charge in [-0.25, -0.2) is 0 Å². The Morgan fingerprint density at radius 3 is 2.69 bits per heavy atom. The van der Waals surface area contributed by atoms with E-state index in [9.17, 15) is 9.59 Å². The molecule has 0 spiro atoms. The Morgan fingerprint density at radius 2 is 2.00 bits per heavy atom. The maximum atomic E-state index is 11.7. The van der Waals surface area contributed by atoms with E-state index in [1.54, 1.807) is 18.2 Å². The molecule has 0 radical (unpaired) electrons. The number of carboxylic acids is 1. The molecule has 0 saturated heterocycles. The van der Waals surface area contributed by atoms with E-state index in [1.165, 1.54) is 6.20 Å². The summed E-state index contributed by atoms with van der Waals surface area (Å²) in [4.78, 5) is 25.2. The molecular weight excluding hydrogens is 208 g/mol. The summed E-state index contributed by atoms with van der Waals surface area (Å²) in [7, 11) is 0. The Bertz CT molecular complexity index is 559. The molecule has 1 unspecified atom stereocenters. The molecule has 1 aromatic carbocycles. The Hall–Kier alpha value is -2.14. The van der Waals surface area contributed by atoms with Gasteiger partial charge < -0.3 is 15.8 Å². The highest BCUT2D eigenvalue weighted by atomic mass is 16.4. The van der Waals surface area contributed by atoms with E-state index >= 15 is 0 Å². The van der Waals surface area contributed by atoms with Crippen molar-refractivity contribution in [3.8, 4) is 0 Å². The topological polar surface area (TPSA) is 96.2 Å². The number of nitrogens with two attached hydrogens (primary N) is 1. The number of carboxylic acid groups (broad SMARTS) is 1. The molecule has 0 amide bonds. The van der Waals surface area contributed by atoms with Crippen molar-refractivity contribution >= 4 is 22.7 Å². The summed E-state index contributed by atoms with van der Waals surface area (Å²) in [6.07, 6.45) is 1.48. The number of Topliss-reactive ketones (excluding diaryl/α,β-unsaturated/α-hetero) is 1. The first-order valence-corrected chi connectivity index (χ1v) is 4.70. The van der Waals surface area contributed by atoms with Crippen LogP contribution in [0, 0.1) is 0 Å². The lowest BCUT2D eigenvalue weighted by Gasteiger charge is -2.03. The number of nitrogens with one attached hydrogen (secondary N) is 1. The van der Waals surface area contributed by atoms with E-state index in [2.05, 4.69) is 4.98 Å². The van der Waals surface area contributed by atoms with Gasteiger partial charge in [-0.05, 0) is 6.07 Å². The molecule has 1 heterocycles. The van der Waals surface area contributed by atoms with Crippen molar-refractivity contribution in [1.29, 1.82) is 0 Å². The average Bonchev–Trinajstić information content (AvgIpc) is 2.70. The van der Waals surface area contributed by atoms with Crippen LogP contribution in [-0.4, -0.2) is 27.9 Å². The third-order valence-corrected chi connectivity index (χ3v) is 2.40. The second-order valence-corrected chi connectivity index (χ2v) is 3.43. The number of aromatic nitrogens is 1. The van der Waals surface area contributed by atoms with Gasteiger partial charge >= 0.3 is 5.97 Å². The monoisotopic (exact) mass is 218 g/mol. The molecule has 82 valence electrons. The van der Waals surface area contributed by atoms with Gasteiger partial charge in [0.05, 0.1) is 0 Å². The number of rotatable bonds is 3. The smallest absolute Gasteiger partial charge is 0.328 e. The zero-order valence-electron chi connectivity index (χ0n) is 8.31. The Labute approximate surface area is 90.9 Å². The minimum atomic E-state index is -1.51. The van der Waals surface area contributed by atoms with Crippen LogP contribution in [0.3, 0.4) is 0 Å². The van der Waals surface area contributed by atoms with Crippen molar-refractivity contribution in [2.45, 2.75) is 6.04 Å². The normalized spacial score (nSPS) is 12.6. The maximum absolute atomic E-state index is 11.7. The molecule has 0 saturated carbocycles. The van der Waals surface area contributed by atoms with Gasteiger partial charge in [0.1, 0.15) is 0 Å². The summed E-state index contributed by atoms with van der Waals surface area (Å²) in [6.45, 7) is 0. The van der Waals surface area contributed by atoms with E-state index in [0.717, 1.165) is 5.52 Å². The second kappa shape index (κ2) is 3.79. The number of carbonyl (C=O) groups is 2.